The normalized spacial score (nSPS) is 11.3. The fourth-order valence-electron chi connectivity index (χ4n) is 3.56. The monoisotopic (exact) mass is 436 g/mol. The van der Waals surface area contributed by atoms with Crippen molar-refractivity contribution in [3.05, 3.63) is 59.2 Å². The highest BCUT2D eigenvalue weighted by atomic mass is 16.4. The molecule has 2 N–H and O–H groups in total. The number of carbonyl (C=O) groups is 2. The molecule has 0 atom stereocenters. The highest BCUT2D eigenvalue weighted by Gasteiger charge is 2.12. The average molecular weight is 437 g/mol. The van der Waals surface area contributed by atoms with Crippen molar-refractivity contribution in [1.82, 2.24) is 5.32 Å². The van der Waals surface area contributed by atoms with Crippen molar-refractivity contribution in [1.29, 1.82) is 0 Å². The maximum Gasteiger partial charge on any atom is 0.331 e. The number of amides is 2. The lowest BCUT2D eigenvalue weighted by molar-refractivity contribution is -0.132. The minimum absolute atomic E-state index is 0.100. The predicted molar refractivity (Wildman–Crippen MR) is 133 cm³/mol. The van der Waals surface area contributed by atoms with Gasteiger partial charge in [-0.25, -0.2) is 9.59 Å². The van der Waals surface area contributed by atoms with Gasteiger partial charge in [-0.2, -0.15) is 0 Å². The summed E-state index contributed by atoms with van der Waals surface area (Å²) in [6.45, 7) is 6.77. The van der Waals surface area contributed by atoms with Crippen molar-refractivity contribution in [2.24, 2.45) is 0 Å². The summed E-state index contributed by atoms with van der Waals surface area (Å²) in [5.41, 5.74) is 5.26. The van der Waals surface area contributed by atoms with Crippen LogP contribution < -0.4 is 10.2 Å². The van der Waals surface area contributed by atoms with Crippen LogP contribution in [0.15, 0.2) is 48.0 Å². The number of anilines is 1. The minimum atomic E-state index is -0.887. The molecule has 2 aromatic rings. The molecule has 0 aromatic heterocycles. The fourth-order valence-corrected chi connectivity index (χ4v) is 3.56. The Hall–Kier alpha value is -3.08. The van der Waals surface area contributed by atoms with Gasteiger partial charge in [-0.1, -0.05) is 69.9 Å². The Labute approximate surface area is 192 Å². The first-order valence-electron chi connectivity index (χ1n) is 11.5. The average Bonchev–Trinajstić information content (AvgIpc) is 2.79. The number of hydrogen-bond donors (Lipinski definition) is 2. The van der Waals surface area contributed by atoms with Gasteiger partial charge in [-0.15, -0.1) is 0 Å². The van der Waals surface area contributed by atoms with Crippen LogP contribution in [0.1, 0.15) is 63.5 Å². The largest absolute Gasteiger partial charge is 0.478 e. The van der Waals surface area contributed by atoms with E-state index in [2.05, 4.69) is 12.2 Å². The van der Waals surface area contributed by atoms with Crippen molar-refractivity contribution in [2.75, 3.05) is 18.5 Å². The van der Waals surface area contributed by atoms with Crippen LogP contribution in [0.3, 0.4) is 0 Å². The molecule has 5 nitrogen and oxygen atoms in total. The summed E-state index contributed by atoms with van der Waals surface area (Å²) in [6.07, 6.45) is 8.00. The molecule has 2 aromatic carbocycles. The van der Waals surface area contributed by atoms with Crippen molar-refractivity contribution in [3.63, 3.8) is 0 Å². The molecule has 0 saturated carbocycles. The van der Waals surface area contributed by atoms with Crippen molar-refractivity contribution in [2.45, 2.75) is 59.3 Å². The summed E-state index contributed by atoms with van der Waals surface area (Å²) >= 11 is 0. The number of unbranched alkanes of at least 4 members (excludes halogenated alkanes) is 4. The number of rotatable bonds is 11. The Bertz CT molecular complexity index is 932. The van der Waals surface area contributed by atoms with Crippen LogP contribution >= 0.6 is 0 Å². The SMILES string of the molecule is CCCCCCCNC(=O)N(C)c1ccc(C)c(-c2ccc(C=C(CC)C(=O)O)cc2)c1. The number of hydrogen-bond acceptors (Lipinski definition) is 2. The molecule has 2 amide bonds. The van der Waals surface area contributed by atoms with Gasteiger partial charge in [0.05, 0.1) is 0 Å². The number of aliphatic carboxylic acids is 1. The van der Waals surface area contributed by atoms with E-state index in [1.807, 2.05) is 56.3 Å². The number of aryl methyl sites for hydroxylation is 1. The summed E-state index contributed by atoms with van der Waals surface area (Å²) < 4.78 is 0. The fraction of sp³-hybridized carbons (Fsp3) is 0.407. The van der Waals surface area contributed by atoms with Gasteiger partial charge in [0.15, 0.2) is 0 Å². The van der Waals surface area contributed by atoms with E-state index < -0.39 is 5.97 Å². The van der Waals surface area contributed by atoms with Crippen LogP contribution in [0.25, 0.3) is 17.2 Å². The first-order valence-corrected chi connectivity index (χ1v) is 11.5. The predicted octanol–water partition coefficient (Wildman–Crippen LogP) is 6.66. The van der Waals surface area contributed by atoms with Gasteiger partial charge in [-0.05, 0) is 60.2 Å². The summed E-state index contributed by atoms with van der Waals surface area (Å²) in [5.74, 6) is -0.887. The van der Waals surface area contributed by atoms with Crippen LogP contribution in [-0.2, 0) is 4.79 Å². The van der Waals surface area contributed by atoms with Gasteiger partial charge < -0.3 is 10.4 Å². The van der Waals surface area contributed by atoms with Gasteiger partial charge in [0.1, 0.15) is 0 Å². The third-order valence-electron chi connectivity index (χ3n) is 5.69. The van der Waals surface area contributed by atoms with E-state index in [-0.39, 0.29) is 6.03 Å². The van der Waals surface area contributed by atoms with Gasteiger partial charge >= 0.3 is 12.0 Å². The zero-order chi connectivity index (χ0) is 23.5. The lowest BCUT2D eigenvalue weighted by Gasteiger charge is -2.20. The smallest absolute Gasteiger partial charge is 0.331 e. The molecule has 32 heavy (non-hydrogen) atoms. The number of carboxylic acid groups (broad SMARTS) is 1. The molecule has 0 fully saturated rings. The first-order chi connectivity index (χ1) is 15.4. The molecule has 0 unspecified atom stereocenters. The molecule has 0 spiro atoms. The third-order valence-corrected chi connectivity index (χ3v) is 5.69. The quantitative estimate of drug-likeness (QED) is 0.306. The van der Waals surface area contributed by atoms with E-state index in [1.54, 1.807) is 18.0 Å². The van der Waals surface area contributed by atoms with E-state index in [0.717, 1.165) is 40.8 Å². The molecule has 0 saturated heterocycles. The van der Waals surface area contributed by atoms with Crippen molar-refractivity contribution < 1.29 is 14.7 Å². The second kappa shape index (κ2) is 12.7. The van der Waals surface area contributed by atoms with Gasteiger partial charge in [0, 0.05) is 24.9 Å². The lowest BCUT2D eigenvalue weighted by atomic mass is 9.98. The molecular formula is C27H36N2O3. The standard InChI is InChI=1S/C27H36N2O3/c1-5-7-8-9-10-17-28-27(32)29(4)24-16-11-20(3)25(19-24)23-14-12-21(13-15-23)18-22(6-2)26(30)31/h11-16,18-19H,5-10,17H2,1-4H3,(H,28,32)(H,30,31). The second-order valence-electron chi connectivity index (χ2n) is 8.15. The van der Waals surface area contributed by atoms with Crippen LogP contribution in [0.5, 0.6) is 0 Å². The van der Waals surface area contributed by atoms with E-state index in [0.29, 0.717) is 18.5 Å². The lowest BCUT2D eigenvalue weighted by Crippen LogP contribution is -2.37. The molecule has 0 aliphatic heterocycles. The minimum Gasteiger partial charge on any atom is -0.478 e. The van der Waals surface area contributed by atoms with E-state index in [4.69, 9.17) is 0 Å². The summed E-state index contributed by atoms with van der Waals surface area (Å²) in [4.78, 5) is 25.4. The zero-order valence-corrected chi connectivity index (χ0v) is 19.8. The van der Waals surface area contributed by atoms with Gasteiger partial charge in [-0.3, -0.25) is 4.90 Å². The number of urea groups is 1. The maximum atomic E-state index is 12.6. The molecule has 0 bridgehead atoms. The molecule has 172 valence electrons. The Balaban J connectivity index is 2.10. The Morgan fingerprint density at radius 1 is 1.00 bits per heavy atom. The first kappa shape index (κ1) is 25.2. The van der Waals surface area contributed by atoms with Gasteiger partial charge in [0.25, 0.3) is 0 Å². The molecule has 0 heterocycles. The zero-order valence-electron chi connectivity index (χ0n) is 19.8. The molecule has 5 heteroatoms. The van der Waals surface area contributed by atoms with Gasteiger partial charge in [0.2, 0.25) is 0 Å². The summed E-state index contributed by atoms with van der Waals surface area (Å²) in [6, 6.07) is 13.7. The van der Waals surface area contributed by atoms with Crippen LogP contribution in [0.2, 0.25) is 0 Å². The topological polar surface area (TPSA) is 69.6 Å². The molecule has 0 aliphatic rings. The Morgan fingerprint density at radius 3 is 2.31 bits per heavy atom. The number of nitrogens with zero attached hydrogens (tertiary/aromatic N) is 1. The Kier molecular flexibility index (Phi) is 9.99. The summed E-state index contributed by atoms with van der Waals surface area (Å²) in [7, 11) is 1.78. The number of benzene rings is 2. The van der Waals surface area contributed by atoms with Crippen LogP contribution in [0.4, 0.5) is 10.5 Å². The van der Waals surface area contributed by atoms with Crippen molar-refractivity contribution in [3.8, 4) is 11.1 Å². The third kappa shape index (κ3) is 7.26. The molecule has 0 aliphatic carbocycles. The number of nitrogens with one attached hydrogen (secondary N) is 1. The second-order valence-corrected chi connectivity index (χ2v) is 8.15. The highest BCUT2D eigenvalue weighted by molar-refractivity contribution is 5.93. The molecule has 0 radical (unpaired) electrons. The van der Waals surface area contributed by atoms with Crippen LogP contribution in [-0.4, -0.2) is 30.7 Å². The number of carboxylic acids is 1. The van der Waals surface area contributed by atoms with Crippen molar-refractivity contribution >= 4 is 23.8 Å². The van der Waals surface area contributed by atoms with Crippen LogP contribution in [0, 0.1) is 6.92 Å². The van der Waals surface area contributed by atoms with E-state index in [9.17, 15) is 14.7 Å². The molecule has 2 rings (SSSR count). The van der Waals surface area contributed by atoms with E-state index >= 15 is 0 Å². The summed E-state index contributed by atoms with van der Waals surface area (Å²) in [5, 5.41) is 12.2. The Morgan fingerprint density at radius 2 is 1.69 bits per heavy atom. The highest BCUT2D eigenvalue weighted by Crippen LogP contribution is 2.28. The molecular weight excluding hydrogens is 400 g/mol. The number of carbonyl (C=O) groups excluding carboxylic acids is 1. The van der Waals surface area contributed by atoms with E-state index in [1.165, 1.54) is 19.3 Å². The maximum absolute atomic E-state index is 12.6.